The van der Waals surface area contributed by atoms with Crippen LogP contribution in [0.15, 0.2) is 152 Å². The number of aromatic nitrogens is 5. The molecule has 49 heavy (non-hydrogen) atoms. The van der Waals surface area contributed by atoms with Gasteiger partial charge in [-0.2, -0.15) is 8.75 Å². The molecule has 6 heteroatoms. The molecule has 0 aliphatic heterocycles. The maximum Gasteiger partial charge on any atom is 0.114 e. The summed E-state index contributed by atoms with van der Waals surface area (Å²) in [4.78, 5) is 15.9. The fourth-order valence-electron chi connectivity index (χ4n) is 7.01. The molecule has 0 aliphatic carbocycles. The number of pyridine rings is 3. The molecule has 0 radical (unpaired) electrons. The van der Waals surface area contributed by atoms with Gasteiger partial charge in [-0.25, -0.2) is 15.0 Å². The lowest BCUT2D eigenvalue weighted by Crippen LogP contribution is -1.95. The summed E-state index contributed by atoms with van der Waals surface area (Å²) in [6.45, 7) is 0. The Hall–Kier alpha value is -6.37. The summed E-state index contributed by atoms with van der Waals surface area (Å²) in [6.07, 6.45) is 0. The summed E-state index contributed by atoms with van der Waals surface area (Å²) >= 11 is 1.25. The maximum absolute atomic E-state index is 5.36. The first kappa shape index (κ1) is 27.7. The van der Waals surface area contributed by atoms with Gasteiger partial charge >= 0.3 is 0 Å². The second-order valence-electron chi connectivity index (χ2n) is 12.2. The van der Waals surface area contributed by atoms with Crippen LogP contribution in [-0.2, 0) is 0 Å². The molecule has 0 unspecified atom stereocenters. The van der Waals surface area contributed by atoms with Gasteiger partial charge in [0.25, 0.3) is 0 Å². The molecule has 0 aliphatic rings. The average molecular weight is 644 g/mol. The molecule has 0 atom stereocenters. The summed E-state index contributed by atoms with van der Waals surface area (Å²) < 4.78 is 9.81. The van der Waals surface area contributed by atoms with E-state index in [1.807, 2.05) is 30.3 Å². The van der Waals surface area contributed by atoms with Gasteiger partial charge in [-0.3, -0.25) is 0 Å². The van der Waals surface area contributed by atoms with Crippen molar-refractivity contribution in [2.45, 2.75) is 0 Å². The van der Waals surface area contributed by atoms with Crippen LogP contribution < -0.4 is 0 Å². The molecule has 0 bridgehead atoms. The van der Waals surface area contributed by atoms with E-state index in [4.69, 9.17) is 23.7 Å². The fourth-order valence-corrected chi connectivity index (χ4v) is 7.58. The Morgan fingerprint density at radius 1 is 0.388 bits per heavy atom. The highest BCUT2D eigenvalue weighted by atomic mass is 32.1. The Labute approximate surface area is 285 Å². The first-order chi connectivity index (χ1) is 24.3. The molecule has 10 aromatic rings. The van der Waals surface area contributed by atoms with Crippen molar-refractivity contribution in [2.24, 2.45) is 0 Å². The third-order valence-electron chi connectivity index (χ3n) is 9.32. The van der Waals surface area contributed by atoms with E-state index >= 15 is 0 Å². The van der Waals surface area contributed by atoms with E-state index in [-0.39, 0.29) is 0 Å². The summed E-state index contributed by atoms with van der Waals surface area (Å²) in [5.41, 5.74) is 12.4. The van der Waals surface area contributed by atoms with Crippen molar-refractivity contribution >= 4 is 66.2 Å². The zero-order valence-electron chi connectivity index (χ0n) is 26.1. The van der Waals surface area contributed by atoms with Crippen molar-refractivity contribution in [3.63, 3.8) is 0 Å². The Morgan fingerprint density at radius 2 is 0.980 bits per heavy atom. The van der Waals surface area contributed by atoms with Crippen molar-refractivity contribution < 1.29 is 0 Å². The van der Waals surface area contributed by atoms with Crippen LogP contribution >= 0.6 is 11.7 Å². The smallest absolute Gasteiger partial charge is 0.114 e. The molecule has 228 valence electrons. The summed E-state index contributed by atoms with van der Waals surface area (Å²) in [5, 5.41) is 5.18. The number of benzene rings is 6. The van der Waals surface area contributed by atoms with E-state index < -0.39 is 0 Å². The third-order valence-corrected chi connectivity index (χ3v) is 9.84. The number of hydrogen-bond donors (Lipinski definition) is 0. The molecule has 0 saturated carbocycles. The highest BCUT2D eigenvalue weighted by molar-refractivity contribution is 7.00. The minimum Gasteiger partial charge on any atom is -0.247 e. The second-order valence-corrected chi connectivity index (χ2v) is 12.7. The molecule has 0 spiro atoms. The lowest BCUT2D eigenvalue weighted by Gasteiger charge is -2.16. The van der Waals surface area contributed by atoms with Crippen LogP contribution in [0, 0.1) is 0 Å². The van der Waals surface area contributed by atoms with E-state index in [1.165, 1.54) is 11.7 Å². The molecular formula is C43H25N5S. The van der Waals surface area contributed by atoms with Crippen LogP contribution in [0.25, 0.3) is 99.4 Å². The SMILES string of the molecule is c1ccc(-c2ccc3ccc4ccc(-c5cccc6nc(-c7ccccc7)c7cc(-c8ccccc8)c8nsnc8c7c56)nc4c3n2)cc1. The van der Waals surface area contributed by atoms with Crippen LogP contribution in [0.5, 0.6) is 0 Å². The Balaban J connectivity index is 1.29. The fraction of sp³-hybridized carbons (Fsp3) is 0. The number of fused-ring (bicyclic) bond motifs is 8. The summed E-state index contributed by atoms with van der Waals surface area (Å²) in [6, 6.07) is 52.4. The van der Waals surface area contributed by atoms with Gasteiger partial charge < -0.3 is 0 Å². The molecule has 0 amide bonds. The van der Waals surface area contributed by atoms with Gasteiger partial charge in [-0.1, -0.05) is 127 Å². The molecule has 6 aromatic carbocycles. The Bertz CT molecular complexity index is 2870. The first-order valence-electron chi connectivity index (χ1n) is 16.2. The van der Waals surface area contributed by atoms with Gasteiger partial charge in [-0.15, -0.1) is 0 Å². The molecule has 0 fully saturated rings. The van der Waals surface area contributed by atoms with Crippen molar-refractivity contribution in [3.8, 4) is 44.9 Å². The van der Waals surface area contributed by atoms with Gasteiger partial charge in [0.05, 0.1) is 45.4 Å². The average Bonchev–Trinajstić information content (AvgIpc) is 3.68. The summed E-state index contributed by atoms with van der Waals surface area (Å²) in [7, 11) is 0. The van der Waals surface area contributed by atoms with E-state index in [0.717, 1.165) is 99.4 Å². The van der Waals surface area contributed by atoms with Crippen molar-refractivity contribution in [1.29, 1.82) is 0 Å². The number of nitrogens with zero attached hydrogens (tertiary/aromatic N) is 5. The molecule has 0 N–H and O–H groups in total. The predicted octanol–water partition coefficient (Wildman–Crippen LogP) is 11.2. The van der Waals surface area contributed by atoms with Gasteiger partial charge in [0.15, 0.2) is 0 Å². The van der Waals surface area contributed by atoms with E-state index in [1.54, 1.807) is 0 Å². The van der Waals surface area contributed by atoms with E-state index in [2.05, 4.69) is 121 Å². The van der Waals surface area contributed by atoms with Crippen LogP contribution in [0.2, 0.25) is 0 Å². The Kier molecular flexibility index (Phi) is 6.29. The number of hydrogen-bond acceptors (Lipinski definition) is 6. The van der Waals surface area contributed by atoms with Crippen LogP contribution in [0.1, 0.15) is 0 Å². The zero-order valence-corrected chi connectivity index (χ0v) is 26.9. The lowest BCUT2D eigenvalue weighted by molar-refractivity contribution is 1.37. The quantitative estimate of drug-likeness (QED) is 0.179. The topological polar surface area (TPSA) is 64.5 Å². The molecule has 10 rings (SSSR count). The molecule has 0 saturated heterocycles. The van der Waals surface area contributed by atoms with Crippen LogP contribution in [-0.4, -0.2) is 23.7 Å². The first-order valence-corrected chi connectivity index (χ1v) is 16.9. The minimum absolute atomic E-state index is 0.858. The minimum atomic E-state index is 0.858. The lowest BCUT2D eigenvalue weighted by atomic mass is 9.91. The monoisotopic (exact) mass is 643 g/mol. The molecular weight excluding hydrogens is 619 g/mol. The van der Waals surface area contributed by atoms with Gasteiger partial charge in [-0.05, 0) is 29.8 Å². The summed E-state index contributed by atoms with van der Waals surface area (Å²) in [5.74, 6) is 0. The maximum atomic E-state index is 5.36. The van der Waals surface area contributed by atoms with Crippen molar-refractivity contribution in [1.82, 2.24) is 23.7 Å². The van der Waals surface area contributed by atoms with Crippen LogP contribution in [0.3, 0.4) is 0 Å². The van der Waals surface area contributed by atoms with E-state index in [0.29, 0.717) is 0 Å². The second kappa shape index (κ2) is 11.1. The molecule has 5 nitrogen and oxygen atoms in total. The van der Waals surface area contributed by atoms with Gasteiger partial charge in [0.2, 0.25) is 0 Å². The number of rotatable bonds is 4. The predicted molar refractivity (Wildman–Crippen MR) is 203 cm³/mol. The highest BCUT2D eigenvalue weighted by Gasteiger charge is 2.21. The van der Waals surface area contributed by atoms with Crippen molar-refractivity contribution in [2.75, 3.05) is 0 Å². The van der Waals surface area contributed by atoms with Crippen LogP contribution in [0.4, 0.5) is 0 Å². The third kappa shape index (κ3) is 4.49. The molecule has 4 heterocycles. The standard InChI is InChI=1S/C43H25N5S/c1-4-11-26(12-5-1)32-25-33-38(43-42(32)47-49-48-43)37-31(17-10-18-36(37)46-39(33)28-15-8-3-9-16-28)35-24-22-30-20-19-29-21-23-34(27-13-6-2-7-14-27)44-40(29)41(30)45-35/h1-25H. The van der Waals surface area contributed by atoms with Crippen molar-refractivity contribution in [3.05, 3.63) is 152 Å². The van der Waals surface area contributed by atoms with Gasteiger partial charge in [0.1, 0.15) is 11.0 Å². The normalized spacial score (nSPS) is 11.7. The largest absolute Gasteiger partial charge is 0.247 e. The highest BCUT2D eigenvalue weighted by Crippen LogP contribution is 2.43. The Morgan fingerprint density at radius 3 is 1.69 bits per heavy atom. The zero-order chi connectivity index (χ0) is 32.3. The molecule has 4 aromatic heterocycles. The van der Waals surface area contributed by atoms with Gasteiger partial charge in [0, 0.05) is 49.2 Å². The van der Waals surface area contributed by atoms with E-state index in [9.17, 15) is 0 Å².